The number of hydrogen-bond acceptors (Lipinski definition) is 5. The molecular formula is C41H46F3N3O3Si. The zero-order valence-electron chi connectivity index (χ0n) is 30.1. The molecule has 0 amide bonds. The molecule has 6 nitrogen and oxygen atoms in total. The number of ether oxygens (including phenoxy) is 1. The van der Waals surface area contributed by atoms with Gasteiger partial charge in [0.25, 0.3) is 8.32 Å². The van der Waals surface area contributed by atoms with Gasteiger partial charge in [-0.1, -0.05) is 88.4 Å². The van der Waals surface area contributed by atoms with Crippen molar-refractivity contribution in [2.45, 2.75) is 84.2 Å². The highest BCUT2D eigenvalue weighted by atomic mass is 28.4. The van der Waals surface area contributed by atoms with Crippen LogP contribution in [-0.4, -0.2) is 40.9 Å². The summed E-state index contributed by atoms with van der Waals surface area (Å²) < 4.78 is 55.7. The van der Waals surface area contributed by atoms with Crippen LogP contribution in [0.25, 0.3) is 22.9 Å². The first kappa shape index (κ1) is 36.5. The molecule has 0 unspecified atom stereocenters. The van der Waals surface area contributed by atoms with Gasteiger partial charge in [0.2, 0.25) is 0 Å². The Hall–Kier alpha value is -4.25. The Morgan fingerprint density at radius 1 is 0.922 bits per heavy atom. The molecule has 5 aromatic rings. The first-order chi connectivity index (χ1) is 24.1. The lowest BCUT2D eigenvalue weighted by Gasteiger charge is -2.43. The number of pyridine rings is 1. The molecule has 1 atom stereocenters. The van der Waals surface area contributed by atoms with Crippen LogP contribution in [0.3, 0.4) is 0 Å². The fourth-order valence-corrected chi connectivity index (χ4v) is 11.4. The second-order valence-corrected chi connectivity index (χ2v) is 19.0. The van der Waals surface area contributed by atoms with Crippen molar-refractivity contribution in [3.63, 3.8) is 0 Å². The Bertz CT molecular complexity index is 1950. The van der Waals surface area contributed by atoms with Crippen LogP contribution in [0.5, 0.6) is 0 Å². The Kier molecular flexibility index (Phi) is 10.1. The number of nitrogens with zero attached hydrogens (tertiary/aromatic N) is 3. The summed E-state index contributed by atoms with van der Waals surface area (Å²) in [5, 5.41) is 1.42. The van der Waals surface area contributed by atoms with Gasteiger partial charge in [-0.25, -0.2) is 4.98 Å². The maximum Gasteiger partial charge on any atom is 0.406 e. The number of rotatable bonds is 13. The normalized spacial score (nSPS) is 14.4. The van der Waals surface area contributed by atoms with Gasteiger partial charge in [0.1, 0.15) is 18.5 Å². The quantitative estimate of drug-likeness (QED) is 0.124. The number of oxazole rings is 1. The fourth-order valence-electron chi connectivity index (χ4n) is 7.65. The van der Waals surface area contributed by atoms with E-state index in [9.17, 15) is 18.0 Å². The molecule has 268 valence electrons. The Morgan fingerprint density at radius 3 is 2.14 bits per heavy atom. The van der Waals surface area contributed by atoms with Gasteiger partial charge >= 0.3 is 6.18 Å². The van der Waals surface area contributed by atoms with Crippen LogP contribution >= 0.6 is 0 Å². The van der Waals surface area contributed by atoms with Crippen LogP contribution in [0.1, 0.15) is 81.8 Å². The summed E-state index contributed by atoms with van der Waals surface area (Å²) in [6.07, 6.45) is 3.81. The minimum atomic E-state index is -4.46. The van der Waals surface area contributed by atoms with E-state index in [1.807, 2.05) is 79.7 Å². The topological polar surface area (TPSA) is 73.3 Å². The summed E-state index contributed by atoms with van der Waals surface area (Å²) in [6.45, 7) is 9.37. The molecular weight excluding hydrogens is 668 g/mol. The lowest BCUT2D eigenvalue weighted by molar-refractivity contribution is -0.140. The van der Waals surface area contributed by atoms with Crippen molar-refractivity contribution in [2.75, 3.05) is 7.11 Å². The molecule has 0 bridgehead atoms. The van der Waals surface area contributed by atoms with Gasteiger partial charge in [-0.2, -0.15) is 13.2 Å². The lowest BCUT2D eigenvalue weighted by Crippen LogP contribution is -2.65. The number of halogens is 3. The van der Waals surface area contributed by atoms with Crippen molar-refractivity contribution in [1.29, 1.82) is 0 Å². The van der Waals surface area contributed by atoms with Crippen molar-refractivity contribution >= 4 is 30.3 Å². The molecule has 0 spiro atoms. The van der Waals surface area contributed by atoms with Gasteiger partial charge in [0.05, 0.1) is 17.5 Å². The number of allylic oxidation sites excluding steroid dienone is 1. The van der Waals surface area contributed by atoms with E-state index in [0.29, 0.717) is 47.6 Å². The SMILES string of the molecule is CO[C@@H](C)c1ncccc1-c1c(CC(C)(C)CCC(C)(C)[Si](O)(c2ccccc2)c2ccccc2)c2c(n1CC(F)(F)F)CC(c1cocn1)=C2. The van der Waals surface area contributed by atoms with Crippen molar-refractivity contribution in [3.8, 4) is 11.3 Å². The number of aromatic nitrogens is 3. The summed E-state index contributed by atoms with van der Waals surface area (Å²) in [7, 11) is -1.69. The highest BCUT2D eigenvalue weighted by Gasteiger charge is 2.50. The van der Waals surface area contributed by atoms with E-state index < -0.39 is 32.2 Å². The molecule has 0 saturated heterocycles. The van der Waals surface area contributed by atoms with Gasteiger partial charge in [-0.05, 0) is 81.9 Å². The second-order valence-electron chi connectivity index (χ2n) is 15.1. The predicted octanol–water partition coefficient (Wildman–Crippen LogP) is 8.79. The first-order valence-corrected chi connectivity index (χ1v) is 19.3. The van der Waals surface area contributed by atoms with Crippen molar-refractivity contribution in [1.82, 2.24) is 14.5 Å². The van der Waals surface area contributed by atoms with Gasteiger partial charge in [-0.15, -0.1) is 0 Å². The number of methoxy groups -OCH3 is 1. The molecule has 3 heterocycles. The summed E-state index contributed by atoms with van der Waals surface area (Å²) in [4.78, 5) is 21.7. The first-order valence-electron chi connectivity index (χ1n) is 17.4. The largest absolute Gasteiger partial charge is 0.451 e. The molecule has 6 rings (SSSR count). The third-order valence-corrected chi connectivity index (χ3v) is 15.1. The van der Waals surface area contributed by atoms with Crippen molar-refractivity contribution in [2.24, 2.45) is 5.41 Å². The molecule has 0 fully saturated rings. The number of benzene rings is 2. The zero-order valence-corrected chi connectivity index (χ0v) is 31.1. The van der Waals surface area contributed by atoms with E-state index in [1.165, 1.54) is 17.2 Å². The van der Waals surface area contributed by atoms with E-state index in [2.05, 4.69) is 37.7 Å². The van der Waals surface area contributed by atoms with Crippen LogP contribution in [-0.2, 0) is 24.1 Å². The maximum absolute atomic E-state index is 14.5. The molecule has 0 saturated carbocycles. The van der Waals surface area contributed by atoms with E-state index in [4.69, 9.17) is 9.15 Å². The minimum Gasteiger partial charge on any atom is -0.451 e. The van der Waals surface area contributed by atoms with Gasteiger partial charge in [0, 0.05) is 31.0 Å². The highest BCUT2D eigenvalue weighted by Crippen LogP contribution is 2.48. The molecule has 51 heavy (non-hydrogen) atoms. The van der Waals surface area contributed by atoms with Crippen LogP contribution in [0.4, 0.5) is 13.2 Å². The lowest BCUT2D eigenvalue weighted by atomic mass is 9.78. The van der Waals surface area contributed by atoms with Gasteiger partial charge in [-0.3, -0.25) is 4.98 Å². The third kappa shape index (κ3) is 7.27. The number of fused-ring (bicyclic) bond motifs is 1. The minimum absolute atomic E-state index is 0.292. The molecule has 3 aromatic heterocycles. The summed E-state index contributed by atoms with van der Waals surface area (Å²) >= 11 is 0. The van der Waals surface area contributed by atoms with Crippen molar-refractivity contribution < 1.29 is 27.1 Å². The van der Waals surface area contributed by atoms with E-state index in [-0.39, 0.29) is 5.41 Å². The van der Waals surface area contributed by atoms with E-state index in [1.54, 1.807) is 19.4 Å². The summed E-state index contributed by atoms with van der Waals surface area (Å²) in [6, 6.07) is 23.5. The monoisotopic (exact) mass is 713 g/mol. The van der Waals surface area contributed by atoms with Crippen molar-refractivity contribution in [3.05, 3.63) is 120 Å². The van der Waals surface area contributed by atoms with Crippen LogP contribution in [0.15, 0.2) is 96.1 Å². The highest BCUT2D eigenvalue weighted by molar-refractivity contribution is 6.98. The molecule has 1 aliphatic carbocycles. The summed E-state index contributed by atoms with van der Waals surface area (Å²) in [5.74, 6) is 0. The second kappa shape index (κ2) is 14.0. The van der Waals surface area contributed by atoms with E-state index in [0.717, 1.165) is 33.5 Å². The Morgan fingerprint density at radius 2 is 1.57 bits per heavy atom. The molecule has 0 aliphatic heterocycles. The third-order valence-electron chi connectivity index (χ3n) is 10.6. The smallest absolute Gasteiger partial charge is 0.406 e. The van der Waals surface area contributed by atoms with Crippen LogP contribution in [0, 0.1) is 5.41 Å². The predicted molar refractivity (Wildman–Crippen MR) is 198 cm³/mol. The average Bonchev–Trinajstić information content (AvgIpc) is 3.85. The fraction of sp³-hybridized carbons (Fsp3) is 0.366. The zero-order chi connectivity index (χ0) is 36.6. The number of hydrogen-bond donors (Lipinski definition) is 1. The summed E-state index contributed by atoms with van der Waals surface area (Å²) in [5.41, 5.74) is 5.02. The van der Waals surface area contributed by atoms with Crippen LogP contribution < -0.4 is 10.4 Å². The maximum atomic E-state index is 14.5. The number of alkyl halides is 3. The van der Waals surface area contributed by atoms with Gasteiger partial charge in [0.15, 0.2) is 6.39 Å². The molecule has 10 heteroatoms. The standard InChI is InChI=1S/C41H46F3N3O3Si/c1-28(49-6)37-32(18-13-21-45-37)38-34(33-22-29(35-25-50-27-46-35)23-36(33)47(38)26-41(42,43)44)24-39(2,3)19-20-40(4,5)51(48,30-14-9-7-10-15-30)31-16-11-8-12-17-31/h7-18,21-22,25,27-28,48H,19-20,23-24,26H2,1-6H3/t28-/m0/s1. The molecule has 0 radical (unpaired) electrons. The molecule has 1 N–H and O–H groups in total. The average molecular weight is 714 g/mol. The van der Waals surface area contributed by atoms with E-state index >= 15 is 0 Å². The Labute approximate surface area is 299 Å². The van der Waals surface area contributed by atoms with Gasteiger partial charge < -0.3 is 18.5 Å². The Balaban J connectivity index is 1.44. The van der Waals surface area contributed by atoms with Crippen LogP contribution in [0.2, 0.25) is 5.04 Å². The molecule has 1 aliphatic rings. The molecule has 2 aromatic carbocycles.